The van der Waals surface area contributed by atoms with Crippen molar-refractivity contribution in [1.82, 2.24) is 20.5 Å². The van der Waals surface area contributed by atoms with Gasteiger partial charge in [-0.05, 0) is 54.8 Å². The maximum absolute atomic E-state index is 13.3. The third kappa shape index (κ3) is 5.17. The molecule has 0 spiro atoms. The van der Waals surface area contributed by atoms with Crippen LogP contribution in [0, 0.1) is 11.2 Å². The normalized spacial score (nSPS) is 11.7. The van der Waals surface area contributed by atoms with Crippen molar-refractivity contribution in [2.24, 2.45) is 11.5 Å². The summed E-state index contributed by atoms with van der Waals surface area (Å²) < 4.78 is 13.3. The van der Waals surface area contributed by atoms with Crippen molar-refractivity contribution < 1.29 is 9.18 Å². The van der Waals surface area contributed by atoms with Gasteiger partial charge in [0.15, 0.2) is 11.8 Å². The number of anilines is 1. The Bertz CT molecular complexity index is 1000. The number of hydrogen-bond donors (Lipinski definition) is 6. The predicted octanol–water partition coefficient (Wildman–Crippen LogP) is 1.81. The molecule has 0 saturated carbocycles. The van der Waals surface area contributed by atoms with Crippen LogP contribution in [0.15, 0.2) is 48.8 Å². The van der Waals surface area contributed by atoms with E-state index in [-0.39, 0.29) is 17.7 Å². The van der Waals surface area contributed by atoms with Crippen LogP contribution < -0.4 is 22.1 Å². The van der Waals surface area contributed by atoms with Crippen molar-refractivity contribution in [3.63, 3.8) is 0 Å². The highest BCUT2D eigenvalue weighted by Crippen LogP contribution is 2.35. The summed E-state index contributed by atoms with van der Waals surface area (Å²) in [6.45, 7) is 0.454. The van der Waals surface area contributed by atoms with Crippen molar-refractivity contribution in [2.45, 2.75) is 18.9 Å². The average molecular weight is 410 g/mol. The van der Waals surface area contributed by atoms with Crippen LogP contribution in [0.2, 0.25) is 0 Å². The largest absolute Gasteiger partial charge is 0.370 e. The maximum Gasteiger partial charge on any atom is 0.242 e. The number of pyridine rings is 1. The summed E-state index contributed by atoms with van der Waals surface area (Å²) in [6.07, 6.45) is 4.25. The molecule has 0 fully saturated rings. The SMILES string of the molecule is N=C(N)NCCC[C@H](N)C(=O)Nc1n[nH]c(-c2ccc(F)cc2)c1-c1ccncc1. The first-order chi connectivity index (χ1) is 14.5. The molecule has 30 heavy (non-hydrogen) atoms. The number of hydrogen-bond acceptors (Lipinski definition) is 5. The predicted molar refractivity (Wildman–Crippen MR) is 113 cm³/mol. The van der Waals surface area contributed by atoms with Crippen molar-refractivity contribution in [2.75, 3.05) is 11.9 Å². The van der Waals surface area contributed by atoms with Crippen LogP contribution in [0.5, 0.6) is 0 Å². The van der Waals surface area contributed by atoms with E-state index in [4.69, 9.17) is 16.9 Å². The van der Waals surface area contributed by atoms with E-state index in [9.17, 15) is 9.18 Å². The van der Waals surface area contributed by atoms with Gasteiger partial charge in [-0.3, -0.25) is 20.3 Å². The molecule has 1 atom stereocenters. The zero-order valence-electron chi connectivity index (χ0n) is 16.2. The Kier molecular flexibility index (Phi) is 6.71. The number of amides is 1. The lowest BCUT2D eigenvalue weighted by Gasteiger charge is -2.13. The van der Waals surface area contributed by atoms with Crippen molar-refractivity contribution in [3.05, 3.63) is 54.6 Å². The van der Waals surface area contributed by atoms with Crippen LogP contribution >= 0.6 is 0 Å². The number of nitrogens with two attached hydrogens (primary N) is 2. The van der Waals surface area contributed by atoms with E-state index in [0.717, 1.165) is 11.1 Å². The molecule has 0 bridgehead atoms. The van der Waals surface area contributed by atoms with Crippen LogP contribution in [0.1, 0.15) is 12.8 Å². The Morgan fingerprint density at radius 1 is 1.17 bits per heavy atom. The van der Waals surface area contributed by atoms with Crippen LogP contribution in [0.4, 0.5) is 10.2 Å². The first kappa shape index (κ1) is 20.9. The van der Waals surface area contributed by atoms with E-state index in [0.29, 0.717) is 36.5 Å². The van der Waals surface area contributed by atoms with E-state index in [1.807, 2.05) is 0 Å². The van der Waals surface area contributed by atoms with E-state index >= 15 is 0 Å². The molecule has 10 heteroatoms. The third-order valence-electron chi connectivity index (χ3n) is 4.45. The molecule has 2 aromatic heterocycles. The second-order valence-electron chi connectivity index (χ2n) is 6.64. The first-order valence-corrected chi connectivity index (χ1v) is 9.34. The van der Waals surface area contributed by atoms with Gasteiger partial charge in [-0.1, -0.05) is 0 Å². The fourth-order valence-electron chi connectivity index (χ4n) is 2.94. The molecular weight excluding hydrogens is 387 g/mol. The van der Waals surface area contributed by atoms with E-state index in [1.54, 1.807) is 36.7 Å². The zero-order chi connectivity index (χ0) is 21.5. The monoisotopic (exact) mass is 410 g/mol. The molecular formula is C20H23FN8O. The summed E-state index contributed by atoms with van der Waals surface area (Å²) in [4.78, 5) is 16.6. The van der Waals surface area contributed by atoms with E-state index in [1.165, 1.54) is 12.1 Å². The third-order valence-corrected chi connectivity index (χ3v) is 4.45. The standard InChI is InChI=1S/C20H23FN8O/c21-14-5-3-13(4-6-14)17-16(12-7-10-25-11-8-12)18(29-28-17)27-19(30)15(22)2-1-9-26-20(23)24/h3-8,10-11,15H,1-2,9,22H2,(H4,23,24,26)(H2,27,28,29,30)/t15-/m0/s1. The number of H-pyrrole nitrogens is 1. The molecule has 0 aliphatic rings. The minimum absolute atomic E-state index is 0.125. The molecule has 9 nitrogen and oxygen atoms in total. The van der Waals surface area contributed by atoms with Crippen molar-refractivity contribution in [3.8, 4) is 22.4 Å². The number of aromatic nitrogens is 3. The highest BCUT2D eigenvalue weighted by molar-refractivity contribution is 6.00. The van der Waals surface area contributed by atoms with Crippen LogP contribution in [-0.4, -0.2) is 39.6 Å². The lowest BCUT2D eigenvalue weighted by molar-refractivity contribution is -0.117. The molecule has 1 amide bonds. The first-order valence-electron chi connectivity index (χ1n) is 9.34. The van der Waals surface area contributed by atoms with Crippen LogP contribution in [0.25, 0.3) is 22.4 Å². The number of halogens is 1. The molecule has 3 aromatic rings. The van der Waals surface area contributed by atoms with Gasteiger partial charge in [0.2, 0.25) is 5.91 Å². The van der Waals surface area contributed by atoms with Gasteiger partial charge >= 0.3 is 0 Å². The fraction of sp³-hybridized carbons (Fsp3) is 0.200. The fourth-order valence-corrected chi connectivity index (χ4v) is 2.94. The number of rotatable bonds is 8. The number of aromatic amines is 1. The van der Waals surface area contributed by atoms with Gasteiger partial charge in [-0.25, -0.2) is 4.39 Å². The minimum atomic E-state index is -0.755. The Balaban J connectivity index is 1.82. The topological polar surface area (TPSA) is 159 Å². The lowest BCUT2D eigenvalue weighted by atomic mass is 10.0. The summed E-state index contributed by atoms with van der Waals surface area (Å²) in [6, 6.07) is 8.81. The Morgan fingerprint density at radius 2 is 1.87 bits per heavy atom. The molecule has 8 N–H and O–H groups in total. The van der Waals surface area contributed by atoms with Gasteiger partial charge in [0.25, 0.3) is 0 Å². The summed E-state index contributed by atoms with van der Waals surface area (Å²) in [7, 11) is 0. The highest BCUT2D eigenvalue weighted by atomic mass is 19.1. The van der Waals surface area contributed by atoms with Gasteiger partial charge in [-0.15, -0.1) is 0 Å². The molecule has 0 aliphatic heterocycles. The lowest BCUT2D eigenvalue weighted by Crippen LogP contribution is -2.37. The molecule has 156 valence electrons. The minimum Gasteiger partial charge on any atom is -0.370 e. The molecule has 0 aliphatic carbocycles. The van der Waals surface area contributed by atoms with Crippen molar-refractivity contribution in [1.29, 1.82) is 5.41 Å². The Hall–Kier alpha value is -3.79. The van der Waals surface area contributed by atoms with E-state index < -0.39 is 6.04 Å². The highest BCUT2D eigenvalue weighted by Gasteiger charge is 2.21. The van der Waals surface area contributed by atoms with Gasteiger partial charge in [0, 0.05) is 24.5 Å². The van der Waals surface area contributed by atoms with Crippen LogP contribution in [-0.2, 0) is 4.79 Å². The molecule has 0 unspecified atom stereocenters. The maximum atomic E-state index is 13.3. The molecule has 1 aromatic carbocycles. The molecule has 3 rings (SSSR count). The molecule has 0 saturated heterocycles. The quantitative estimate of drug-likeness (QED) is 0.189. The Morgan fingerprint density at radius 3 is 2.53 bits per heavy atom. The summed E-state index contributed by atoms with van der Waals surface area (Å²) in [5, 5.41) is 19.7. The number of benzene rings is 1. The summed E-state index contributed by atoms with van der Waals surface area (Å²) in [5.74, 6) is -0.532. The summed E-state index contributed by atoms with van der Waals surface area (Å²) >= 11 is 0. The second kappa shape index (κ2) is 9.61. The number of nitrogens with one attached hydrogen (secondary N) is 4. The van der Waals surface area contributed by atoms with E-state index in [2.05, 4.69) is 25.8 Å². The summed E-state index contributed by atoms with van der Waals surface area (Å²) in [5.41, 5.74) is 14.0. The molecule has 2 heterocycles. The Labute approximate surface area is 172 Å². The zero-order valence-corrected chi connectivity index (χ0v) is 16.2. The van der Waals surface area contributed by atoms with Gasteiger partial charge in [0.1, 0.15) is 5.82 Å². The smallest absolute Gasteiger partial charge is 0.242 e. The number of carbonyl (C=O) groups is 1. The van der Waals surface area contributed by atoms with Gasteiger partial charge < -0.3 is 22.1 Å². The number of carbonyl (C=O) groups excluding carboxylic acids is 1. The van der Waals surface area contributed by atoms with Crippen molar-refractivity contribution >= 4 is 17.7 Å². The average Bonchev–Trinajstić information content (AvgIpc) is 3.15. The van der Waals surface area contributed by atoms with Gasteiger partial charge in [0.05, 0.1) is 17.3 Å². The number of nitrogens with zero attached hydrogens (tertiary/aromatic N) is 2. The molecule has 0 radical (unpaired) electrons. The van der Waals surface area contributed by atoms with Gasteiger partial charge in [-0.2, -0.15) is 5.10 Å². The van der Waals surface area contributed by atoms with Crippen LogP contribution in [0.3, 0.4) is 0 Å². The number of guanidine groups is 1. The second-order valence-corrected chi connectivity index (χ2v) is 6.64.